The number of fused-ring (bicyclic) bond motifs is 3. The summed E-state index contributed by atoms with van der Waals surface area (Å²) < 4.78 is 11.6. The monoisotopic (exact) mass is 627 g/mol. The van der Waals surface area contributed by atoms with Crippen LogP contribution in [0.1, 0.15) is 63.5 Å². The molecule has 0 fully saturated rings. The normalized spacial score (nSPS) is 14.0. The zero-order valence-electron chi connectivity index (χ0n) is 25.6. The summed E-state index contributed by atoms with van der Waals surface area (Å²) in [5, 5.41) is 4.79. The molecule has 5 rings (SSSR count). The van der Waals surface area contributed by atoms with E-state index in [0.29, 0.717) is 12.3 Å². The Hall–Kier alpha value is -3.22. The number of allylic oxidation sites excluding steroid dienone is 2. The minimum atomic E-state index is -4.01. The first-order valence-corrected chi connectivity index (χ1v) is 18.2. The first-order chi connectivity index (χ1) is 21.3. The highest BCUT2D eigenvalue weighted by molar-refractivity contribution is 7.99. The van der Waals surface area contributed by atoms with Gasteiger partial charge in [0.05, 0.1) is 22.6 Å². The fraction of sp³-hybridized carbons (Fsp3) is 0.333. The van der Waals surface area contributed by atoms with Crippen LogP contribution in [-0.2, 0) is 17.4 Å². The summed E-state index contributed by atoms with van der Waals surface area (Å²) in [6.45, 7) is 4.26. The largest absolute Gasteiger partial charge is 0.353 e. The summed E-state index contributed by atoms with van der Waals surface area (Å²) in [5.74, 6) is 0.331. The van der Waals surface area contributed by atoms with E-state index in [-0.39, 0.29) is 6.16 Å². The zero-order valence-corrected chi connectivity index (χ0v) is 27.3. The number of nitrogens with zero attached hydrogens (tertiary/aromatic N) is 2. The number of unbranched alkanes of at least 4 members (excludes halogenated alkanes) is 1. The van der Waals surface area contributed by atoms with Crippen LogP contribution in [0.15, 0.2) is 99.4 Å². The van der Waals surface area contributed by atoms with Crippen LogP contribution in [0.25, 0.3) is 10.9 Å². The number of hydrogen-bond donors (Lipinski definition) is 3. The Bertz CT molecular complexity index is 1700. The molecule has 0 aliphatic carbocycles. The van der Waals surface area contributed by atoms with Gasteiger partial charge in [-0.2, -0.15) is 0 Å². The highest BCUT2D eigenvalue weighted by Gasteiger charge is 2.21. The second-order valence-electron chi connectivity index (χ2n) is 11.7. The topological polar surface area (TPSA) is 94.8 Å². The van der Waals surface area contributed by atoms with Gasteiger partial charge in [0, 0.05) is 33.8 Å². The van der Waals surface area contributed by atoms with E-state index in [4.69, 9.17) is 4.99 Å². The molecular weight excluding hydrogens is 585 g/mol. The Kier molecular flexibility index (Phi) is 11.1. The highest BCUT2D eigenvalue weighted by Crippen LogP contribution is 2.46. The van der Waals surface area contributed by atoms with E-state index >= 15 is 0 Å². The van der Waals surface area contributed by atoms with Gasteiger partial charge >= 0.3 is 7.60 Å². The molecule has 44 heavy (non-hydrogen) atoms. The van der Waals surface area contributed by atoms with Crippen molar-refractivity contribution in [2.24, 2.45) is 10.9 Å². The highest BCUT2D eigenvalue weighted by atomic mass is 32.2. The van der Waals surface area contributed by atoms with Crippen LogP contribution in [0.3, 0.4) is 0 Å². The molecule has 0 saturated heterocycles. The van der Waals surface area contributed by atoms with Crippen LogP contribution in [-0.4, -0.2) is 27.1 Å². The smallest absolute Gasteiger partial charge is 0.325 e. The second-order valence-corrected chi connectivity index (χ2v) is 14.5. The SMILES string of the molecule is CC/C(C)=C/C=Nc1cc2ncccc2cc1CCCCC(CCCP(=O)(O)O)Cc1cccc2c1Nc1ccccc1S2. The number of nitrogens with one attached hydrogen (secondary N) is 1. The van der Waals surface area contributed by atoms with Crippen molar-refractivity contribution in [3.8, 4) is 0 Å². The Balaban J connectivity index is 1.28. The van der Waals surface area contributed by atoms with E-state index in [1.807, 2.05) is 18.5 Å². The molecule has 8 heteroatoms. The van der Waals surface area contributed by atoms with Gasteiger partial charge in [-0.3, -0.25) is 14.5 Å². The number of rotatable bonds is 14. The molecule has 1 aliphatic rings. The lowest BCUT2D eigenvalue weighted by molar-refractivity contribution is 0.364. The molecule has 3 aromatic carbocycles. The lowest BCUT2D eigenvalue weighted by atomic mass is 9.89. The molecule has 0 amide bonds. The lowest BCUT2D eigenvalue weighted by Crippen LogP contribution is -2.10. The summed E-state index contributed by atoms with van der Waals surface area (Å²) in [6.07, 6.45) is 12.9. The van der Waals surface area contributed by atoms with Crippen molar-refractivity contribution in [3.05, 3.63) is 95.7 Å². The first kappa shape index (κ1) is 32.2. The van der Waals surface area contributed by atoms with Crippen molar-refractivity contribution in [2.75, 3.05) is 11.5 Å². The maximum absolute atomic E-state index is 11.6. The number of aliphatic imine (C=N–C) groups is 1. The minimum Gasteiger partial charge on any atom is -0.353 e. The molecular formula is C36H42N3O3PS. The van der Waals surface area contributed by atoms with E-state index in [1.54, 1.807) is 11.8 Å². The molecule has 1 aliphatic heterocycles. The fourth-order valence-corrected chi connectivity index (χ4v) is 7.36. The lowest BCUT2D eigenvalue weighted by Gasteiger charge is -2.25. The van der Waals surface area contributed by atoms with Crippen LogP contribution in [0.4, 0.5) is 17.1 Å². The molecule has 0 saturated carbocycles. The predicted molar refractivity (Wildman–Crippen MR) is 185 cm³/mol. The van der Waals surface area contributed by atoms with Crippen molar-refractivity contribution in [2.45, 2.75) is 75.0 Å². The fourth-order valence-electron chi connectivity index (χ4n) is 5.72. The Morgan fingerprint density at radius 2 is 1.82 bits per heavy atom. The van der Waals surface area contributed by atoms with Crippen molar-refractivity contribution in [3.63, 3.8) is 0 Å². The maximum Gasteiger partial charge on any atom is 0.325 e. The Labute approximate surface area is 265 Å². The molecule has 230 valence electrons. The Morgan fingerprint density at radius 1 is 1.00 bits per heavy atom. The van der Waals surface area contributed by atoms with Crippen LogP contribution in [0.5, 0.6) is 0 Å². The van der Waals surface area contributed by atoms with Crippen LogP contribution in [0, 0.1) is 5.92 Å². The van der Waals surface area contributed by atoms with E-state index in [9.17, 15) is 14.4 Å². The first-order valence-electron chi connectivity index (χ1n) is 15.6. The second kappa shape index (κ2) is 15.2. The predicted octanol–water partition coefficient (Wildman–Crippen LogP) is 10.0. The molecule has 0 radical (unpaired) electrons. The maximum atomic E-state index is 11.6. The van der Waals surface area contributed by atoms with Crippen molar-refractivity contribution in [1.82, 2.24) is 4.98 Å². The number of aromatic nitrogens is 1. The van der Waals surface area contributed by atoms with Gasteiger partial charge in [-0.05, 0) is 105 Å². The standard InChI is InChI=1S/C36H42N3O3PS/c1-3-26(2)19-21-38-33-25-32-29(15-9-20-37-32)24-28(33)13-5-4-11-27(12-10-22-43(40,41)42)23-30-14-8-18-35-36(30)39-31-16-6-7-17-34(31)44-35/h6-9,14-21,24-25,27,39H,3-5,10-13,22-23H2,1-2H3,(H2,40,41,42)/b26-19+,38-21?. The van der Waals surface area contributed by atoms with Gasteiger partial charge in [-0.25, -0.2) is 0 Å². The summed E-state index contributed by atoms with van der Waals surface area (Å²) in [4.78, 5) is 30.8. The Morgan fingerprint density at radius 3 is 2.66 bits per heavy atom. The van der Waals surface area contributed by atoms with Gasteiger partial charge in [0.2, 0.25) is 0 Å². The van der Waals surface area contributed by atoms with Gasteiger partial charge in [0.1, 0.15) is 0 Å². The molecule has 2 heterocycles. The molecule has 0 spiro atoms. The number of benzene rings is 3. The molecule has 6 nitrogen and oxygen atoms in total. The number of pyridine rings is 1. The van der Waals surface area contributed by atoms with Gasteiger partial charge in [-0.15, -0.1) is 0 Å². The molecule has 3 N–H and O–H groups in total. The van der Waals surface area contributed by atoms with E-state index in [0.717, 1.165) is 72.9 Å². The molecule has 1 unspecified atom stereocenters. The number of aryl methyl sites for hydroxylation is 1. The van der Waals surface area contributed by atoms with E-state index < -0.39 is 7.60 Å². The number of hydrogen-bond acceptors (Lipinski definition) is 5. The van der Waals surface area contributed by atoms with E-state index in [1.165, 1.54) is 26.5 Å². The van der Waals surface area contributed by atoms with Crippen molar-refractivity contribution < 1.29 is 14.4 Å². The third-order valence-electron chi connectivity index (χ3n) is 8.29. The molecule has 1 atom stereocenters. The average Bonchev–Trinajstić information content (AvgIpc) is 3.01. The number of para-hydroxylation sites is 2. The third kappa shape index (κ3) is 8.92. The van der Waals surface area contributed by atoms with Gasteiger partial charge < -0.3 is 15.1 Å². The summed E-state index contributed by atoms with van der Waals surface area (Å²) in [6, 6.07) is 23.2. The molecule has 0 bridgehead atoms. The quantitative estimate of drug-likeness (QED) is 0.0644. The third-order valence-corrected chi connectivity index (χ3v) is 10.3. The van der Waals surface area contributed by atoms with Crippen molar-refractivity contribution >= 4 is 53.5 Å². The van der Waals surface area contributed by atoms with Gasteiger partial charge in [0.15, 0.2) is 0 Å². The average molecular weight is 628 g/mol. The zero-order chi connectivity index (χ0) is 30.9. The van der Waals surface area contributed by atoms with Crippen molar-refractivity contribution in [1.29, 1.82) is 0 Å². The summed E-state index contributed by atoms with van der Waals surface area (Å²) in [5.41, 5.74) is 7.98. The van der Waals surface area contributed by atoms with Crippen LogP contribution >= 0.6 is 19.4 Å². The van der Waals surface area contributed by atoms with Crippen LogP contribution < -0.4 is 5.32 Å². The number of anilines is 2. The van der Waals surface area contributed by atoms with Gasteiger partial charge in [-0.1, -0.05) is 67.4 Å². The molecule has 1 aromatic heterocycles. The van der Waals surface area contributed by atoms with E-state index in [2.05, 4.69) is 90.9 Å². The van der Waals surface area contributed by atoms with Gasteiger partial charge in [0.25, 0.3) is 0 Å². The van der Waals surface area contributed by atoms with Crippen LogP contribution in [0.2, 0.25) is 0 Å². The molecule has 4 aromatic rings. The minimum absolute atomic E-state index is 0.0592. The summed E-state index contributed by atoms with van der Waals surface area (Å²) >= 11 is 1.79. The summed E-state index contributed by atoms with van der Waals surface area (Å²) in [7, 11) is -4.01.